The molecule has 0 bridgehead atoms. The van der Waals surface area contributed by atoms with Gasteiger partial charge in [-0.05, 0) is 19.9 Å². The van der Waals surface area contributed by atoms with E-state index in [4.69, 9.17) is 5.73 Å². The van der Waals surface area contributed by atoms with E-state index >= 15 is 0 Å². The second-order valence-electron chi connectivity index (χ2n) is 4.22. The van der Waals surface area contributed by atoms with E-state index < -0.39 is 21.5 Å². The fourth-order valence-corrected chi connectivity index (χ4v) is 2.56. The first-order valence-electron chi connectivity index (χ1n) is 5.17. The smallest absolute Gasteiger partial charge is 0.241 e. The molecule has 4 N–H and O–H groups in total. The van der Waals surface area contributed by atoms with Gasteiger partial charge >= 0.3 is 0 Å². The Hall–Kier alpha value is -1.67. The average Bonchev–Trinajstić information content (AvgIpc) is 2.27. The van der Waals surface area contributed by atoms with E-state index in [1.807, 2.05) is 0 Å². The maximum absolute atomic E-state index is 12.0. The van der Waals surface area contributed by atoms with Crippen LogP contribution in [0.5, 0.6) is 0 Å². The number of carbonyl (C=O) groups is 1. The van der Waals surface area contributed by atoms with Gasteiger partial charge < -0.3 is 11.1 Å². The number of anilines is 1. The molecular formula is C10H16N4O3S. The molecule has 1 heterocycles. The molecule has 0 aliphatic rings. The number of rotatable bonds is 5. The summed E-state index contributed by atoms with van der Waals surface area (Å²) in [5.41, 5.74) is 3.76. The van der Waals surface area contributed by atoms with Crippen molar-refractivity contribution in [1.29, 1.82) is 0 Å². The summed E-state index contributed by atoms with van der Waals surface area (Å²) in [6.07, 6.45) is 1.36. The quantitative estimate of drug-likeness (QED) is 0.678. The van der Waals surface area contributed by atoms with Crippen molar-refractivity contribution in [2.75, 3.05) is 12.4 Å². The van der Waals surface area contributed by atoms with Crippen molar-refractivity contribution >= 4 is 21.7 Å². The number of pyridine rings is 1. The molecule has 1 rings (SSSR count). The zero-order valence-corrected chi connectivity index (χ0v) is 11.2. The minimum atomic E-state index is -3.83. The monoisotopic (exact) mass is 272 g/mol. The SMILES string of the molecule is CNc1cc(S(=O)(=O)NC(C)(C)C(N)=O)ccn1. The maximum atomic E-state index is 12.0. The van der Waals surface area contributed by atoms with Gasteiger partial charge in [0, 0.05) is 19.3 Å². The molecule has 0 aliphatic heterocycles. The highest BCUT2D eigenvalue weighted by atomic mass is 32.2. The summed E-state index contributed by atoms with van der Waals surface area (Å²) >= 11 is 0. The third kappa shape index (κ3) is 3.17. The molecule has 0 aromatic carbocycles. The molecule has 0 saturated carbocycles. The van der Waals surface area contributed by atoms with Gasteiger partial charge in [-0.3, -0.25) is 4.79 Å². The van der Waals surface area contributed by atoms with Crippen LogP contribution in [-0.4, -0.2) is 31.9 Å². The van der Waals surface area contributed by atoms with Crippen LogP contribution in [0.1, 0.15) is 13.8 Å². The van der Waals surface area contributed by atoms with Gasteiger partial charge in [0.25, 0.3) is 0 Å². The van der Waals surface area contributed by atoms with Crippen LogP contribution in [0.4, 0.5) is 5.82 Å². The number of aromatic nitrogens is 1. The molecule has 0 fully saturated rings. The lowest BCUT2D eigenvalue weighted by Gasteiger charge is -2.22. The Labute approximate surface area is 106 Å². The van der Waals surface area contributed by atoms with E-state index in [-0.39, 0.29) is 4.90 Å². The first-order valence-corrected chi connectivity index (χ1v) is 6.65. The van der Waals surface area contributed by atoms with Crippen LogP contribution in [0.25, 0.3) is 0 Å². The molecule has 7 nitrogen and oxygen atoms in total. The van der Waals surface area contributed by atoms with Crippen LogP contribution in [0.15, 0.2) is 23.2 Å². The predicted octanol–water partition coefficient (Wildman–Crippen LogP) is -0.334. The summed E-state index contributed by atoms with van der Waals surface area (Å²) in [5, 5.41) is 2.73. The molecule has 100 valence electrons. The topological polar surface area (TPSA) is 114 Å². The lowest BCUT2D eigenvalue weighted by atomic mass is 10.1. The second kappa shape index (κ2) is 4.91. The van der Waals surface area contributed by atoms with Gasteiger partial charge in [-0.25, -0.2) is 13.4 Å². The highest BCUT2D eigenvalue weighted by molar-refractivity contribution is 7.89. The third-order valence-corrected chi connectivity index (χ3v) is 3.96. The first-order chi connectivity index (χ1) is 8.19. The van der Waals surface area contributed by atoms with Crippen LogP contribution in [-0.2, 0) is 14.8 Å². The van der Waals surface area contributed by atoms with Crippen molar-refractivity contribution in [3.63, 3.8) is 0 Å². The fraction of sp³-hybridized carbons (Fsp3) is 0.400. The lowest BCUT2D eigenvalue weighted by Crippen LogP contribution is -2.52. The minimum Gasteiger partial charge on any atom is -0.373 e. The molecule has 1 aromatic rings. The number of nitrogens with zero attached hydrogens (tertiary/aromatic N) is 1. The van der Waals surface area contributed by atoms with Gasteiger partial charge in [0.1, 0.15) is 11.4 Å². The Balaban J connectivity index is 3.10. The number of nitrogens with two attached hydrogens (primary N) is 1. The van der Waals surface area contributed by atoms with Crippen molar-refractivity contribution in [2.45, 2.75) is 24.3 Å². The van der Waals surface area contributed by atoms with Gasteiger partial charge in [-0.2, -0.15) is 4.72 Å². The normalized spacial score (nSPS) is 12.2. The van der Waals surface area contributed by atoms with Crippen molar-refractivity contribution < 1.29 is 13.2 Å². The zero-order valence-electron chi connectivity index (χ0n) is 10.4. The number of sulfonamides is 1. The molecule has 1 amide bonds. The molecule has 0 aliphatic carbocycles. The van der Waals surface area contributed by atoms with Gasteiger partial charge in [0.15, 0.2) is 0 Å². The Morgan fingerprint density at radius 2 is 2.06 bits per heavy atom. The van der Waals surface area contributed by atoms with Crippen molar-refractivity contribution in [1.82, 2.24) is 9.71 Å². The van der Waals surface area contributed by atoms with Crippen molar-refractivity contribution in [2.24, 2.45) is 5.73 Å². The first kappa shape index (κ1) is 14.4. The molecule has 0 unspecified atom stereocenters. The Morgan fingerprint density at radius 1 is 1.44 bits per heavy atom. The summed E-state index contributed by atoms with van der Waals surface area (Å²) in [4.78, 5) is 15.0. The predicted molar refractivity (Wildman–Crippen MR) is 67.4 cm³/mol. The number of primary amides is 1. The zero-order chi connectivity index (χ0) is 14.0. The van der Waals surface area contributed by atoms with Gasteiger partial charge in [0.05, 0.1) is 4.90 Å². The molecule has 8 heteroatoms. The van der Waals surface area contributed by atoms with E-state index in [9.17, 15) is 13.2 Å². The summed E-state index contributed by atoms with van der Waals surface area (Å²) in [5.74, 6) is -0.344. The summed E-state index contributed by atoms with van der Waals surface area (Å²) in [7, 11) is -2.20. The third-order valence-electron chi connectivity index (χ3n) is 2.30. The van der Waals surface area contributed by atoms with Crippen molar-refractivity contribution in [3.8, 4) is 0 Å². The summed E-state index contributed by atoms with van der Waals surface area (Å²) in [6.45, 7) is 2.79. The summed E-state index contributed by atoms with van der Waals surface area (Å²) < 4.78 is 26.3. The Morgan fingerprint density at radius 3 is 2.56 bits per heavy atom. The molecule has 0 spiro atoms. The van der Waals surface area contributed by atoms with E-state index in [0.717, 1.165) is 0 Å². The van der Waals surface area contributed by atoms with Crippen LogP contribution < -0.4 is 15.8 Å². The largest absolute Gasteiger partial charge is 0.373 e. The van der Waals surface area contributed by atoms with Crippen LogP contribution in [0.2, 0.25) is 0 Å². The van der Waals surface area contributed by atoms with E-state index in [0.29, 0.717) is 5.82 Å². The van der Waals surface area contributed by atoms with Crippen LogP contribution in [0.3, 0.4) is 0 Å². The van der Waals surface area contributed by atoms with E-state index in [2.05, 4.69) is 15.0 Å². The standard InChI is InChI=1S/C10H16N4O3S/c1-10(2,9(11)15)14-18(16,17)7-4-5-13-8(6-7)12-3/h4-6,14H,1-3H3,(H2,11,15)(H,12,13). The van der Waals surface area contributed by atoms with Crippen LogP contribution in [0, 0.1) is 0 Å². The van der Waals surface area contributed by atoms with E-state index in [1.165, 1.54) is 32.2 Å². The minimum absolute atomic E-state index is 0.0103. The fourth-order valence-electron chi connectivity index (χ4n) is 1.16. The van der Waals surface area contributed by atoms with Gasteiger partial charge in [0.2, 0.25) is 15.9 Å². The molecule has 0 atom stereocenters. The maximum Gasteiger partial charge on any atom is 0.241 e. The molecular weight excluding hydrogens is 256 g/mol. The molecule has 0 saturated heterocycles. The highest BCUT2D eigenvalue weighted by Crippen LogP contribution is 2.15. The number of carbonyl (C=O) groups excluding carboxylic acids is 1. The Bertz CT molecular complexity index is 554. The lowest BCUT2D eigenvalue weighted by molar-refractivity contribution is -0.122. The number of hydrogen-bond acceptors (Lipinski definition) is 5. The van der Waals surface area contributed by atoms with E-state index in [1.54, 1.807) is 7.05 Å². The highest BCUT2D eigenvalue weighted by Gasteiger charge is 2.31. The number of hydrogen-bond donors (Lipinski definition) is 3. The number of amides is 1. The molecule has 18 heavy (non-hydrogen) atoms. The number of nitrogens with one attached hydrogen (secondary N) is 2. The van der Waals surface area contributed by atoms with Crippen LogP contribution >= 0.6 is 0 Å². The van der Waals surface area contributed by atoms with Gasteiger partial charge in [-0.15, -0.1) is 0 Å². The molecule has 0 radical (unpaired) electrons. The van der Waals surface area contributed by atoms with Gasteiger partial charge in [-0.1, -0.05) is 0 Å². The Kier molecular flexibility index (Phi) is 3.92. The average molecular weight is 272 g/mol. The second-order valence-corrected chi connectivity index (χ2v) is 5.90. The summed E-state index contributed by atoms with van der Waals surface area (Å²) in [6, 6.07) is 2.69. The molecule has 1 aromatic heterocycles. The van der Waals surface area contributed by atoms with Crippen molar-refractivity contribution in [3.05, 3.63) is 18.3 Å².